The van der Waals surface area contributed by atoms with E-state index in [-0.39, 0.29) is 5.91 Å². The van der Waals surface area contributed by atoms with E-state index < -0.39 is 6.61 Å². The molecule has 0 aliphatic carbocycles. The molecule has 0 atom stereocenters. The molecule has 0 aromatic heterocycles. The second-order valence-corrected chi connectivity index (χ2v) is 3.94. The highest BCUT2D eigenvalue weighted by Crippen LogP contribution is 2.24. The van der Waals surface area contributed by atoms with Crippen molar-refractivity contribution < 1.29 is 14.6 Å². The average molecular weight is 237 g/mol. The second kappa shape index (κ2) is 6.37. The number of aliphatic hydroxyl groups is 1. The molecule has 0 spiro atoms. The number of para-hydroxylation sites is 1. The second-order valence-electron chi connectivity index (χ2n) is 3.94. The van der Waals surface area contributed by atoms with Gasteiger partial charge in [-0.3, -0.25) is 4.79 Å². The molecule has 0 saturated carbocycles. The minimum Gasteiger partial charge on any atom is -0.387 e. The number of rotatable bonds is 5. The third-order valence-corrected chi connectivity index (χ3v) is 2.66. The molecule has 0 bridgehead atoms. The number of carbonyl (C=O) groups excluding carboxylic acids is 1. The van der Waals surface area contributed by atoms with Gasteiger partial charge in [-0.15, -0.1) is 0 Å². The van der Waals surface area contributed by atoms with Crippen molar-refractivity contribution in [1.82, 2.24) is 0 Å². The van der Waals surface area contributed by atoms with Crippen molar-refractivity contribution in [2.24, 2.45) is 0 Å². The van der Waals surface area contributed by atoms with Crippen molar-refractivity contribution in [3.05, 3.63) is 29.3 Å². The summed E-state index contributed by atoms with van der Waals surface area (Å²) in [5, 5.41) is 9.02. The molecule has 0 heterocycles. The van der Waals surface area contributed by atoms with Crippen molar-refractivity contribution in [2.45, 2.75) is 13.8 Å². The normalized spacial score (nSPS) is 10.4. The molecule has 1 aromatic carbocycles. The number of hydrogen-bond donors (Lipinski definition) is 1. The van der Waals surface area contributed by atoms with Crippen LogP contribution >= 0.6 is 0 Å². The molecule has 4 nitrogen and oxygen atoms in total. The molecule has 1 rings (SSSR count). The van der Waals surface area contributed by atoms with E-state index in [9.17, 15) is 4.79 Å². The van der Waals surface area contributed by atoms with Crippen LogP contribution in [0.2, 0.25) is 0 Å². The minimum absolute atomic E-state index is 0.306. The maximum atomic E-state index is 11.7. The molecular formula is C13H19NO3. The zero-order chi connectivity index (χ0) is 12.8. The van der Waals surface area contributed by atoms with Gasteiger partial charge < -0.3 is 14.7 Å². The van der Waals surface area contributed by atoms with Gasteiger partial charge in [0.25, 0.3) is 5.91 Å². The van der Waals surface area contributed by atoms with Gasteiger partial charge in [-0.1, -0.05) is 18.2 Å². The Morgan fingerprint density at radius 3 is 2.41 bits per heavy atom. The Kier molecular flexibility index (Phi) is 5.12. The number of carbonyl (C=O) groups is 1. The van der Waals surface area contributed by atoms with E-state index in [0.717, 1.165) is 16.8 Å². The topological polar surface area (TPSA) is 49.8 Å². The van der Waals surface area contributed by atoms with E-state index in [4.69, 9.17) is 9.84 Å². The Morgan fingerprint density at radius 1 is 1.35 bits per heavy atom. The highest BCUT2D eigenvalue weighted by molar-refractivity contribution is 5.95. The summed E-state index contributed by atoms with van der Waals surface area (Å²) in [4.78, 5) is 13.3. The van der Waals surface area contributed by atoms with Crippen LogP contribution in [0.1, 0.15) is 11.1 Å². The van der Waals surface area contributed by atoms with Crippen LogP contribution in [0.5, 0.6) is 0 Å². The maximum Gasteiger partial charge on any atom is 0.252 e. The molecule has 0 saturated heterocycles. The monoisotopic (exact) mass is 237 g/mol. The standard InChI is InChI=1S/C13H19NO3/c1-10-5-4-6-11(2)13(10)14(7-8-17-3)12(16)9-15/h4-6,15H,7-9H2,1-3H3. The largest absolute Gasteiger partial charge is 0.387 e. The summed E-state index contributed by atoms with van der Waals surface area (Å²) in [7, 11) is 1.59. The van der Waals surface area contributed by atoms with Gasteiger partial charge in [0.15, 0.2) is 0 Å². The van der Waals surface area contributed by atoms with Crippen molar-refractivity contribution in [2.75, 3.05) is 31.8 Å². The fourth-order valence-electron chi connectivity index (χ4n) is 1.86. The van der Waals surface area contributed by atoms with Gasteiger partial charge in [0.2, 0.25) is 0 Å². The van der Waals surface area contributed by atoms with Crippen LogP contribution in [-0.4, -0.2) is 37.9 Å². The number of nitrogens with zero attached hydrogens (tertiary/aromatic N) is 1. The Labute approximate surface area is 102 Å². The zero-order valence-electron chi connectivity index (χ0n) is 10.6. The summed E-state index contributed by atoms with van der Waals surface area (Å²) in [5.74, 6) is -0.306. The quantitative estimate of drug-likeness (QED) is 0.839. The highest BCUT2D eigenvalue weighted by atomic mass is 16.5. The number of ether oxygens (including phenoxy) is 1. The number of benzene rings is 1. The van der Waals surface area contributed by atoms with Crippen LogP contribution < -0.4 is 4.90 Å². The first-order valence-electron chi connectivity index (χ1n) is 5.58. The van der Waals surface area contributed by atoms with Crippen molar-refractivity contribution >= 4 is 11.6 Å². The lowest BCUT2D eigenvalue weighted by atomic mass is 10.1. The first-order chi connectivity index (χ1) is 8.11. The average Bonchev–Trinajstić information content (AvgIpc) is 2.32. The summed E-state index contributed by atoms with van der Waals surface area (Å²) in [6.07, 6.45) is 0. The zero-order valence-corrected chi connectivity index (χ0v) is 10.6. The lowest BCUT2D eigenvalue weighted by Gasteiger charge is -2.25. The predicted octanol–water partition coefficient (Wildman–Crippen LogP) is 1.28. The number of amides is 1. The molecule has 0 aliphatic rings. The van der Waals surface area contributed by atoms with Crippen LogP contribution in [-0.2, 0) is 9.53 Å². The van der Waals surface area contributed by atoms with Crippen LogP contribution in [0.3, 0.4) is 0 Å². The van der Waals surface area contributed by atoms with E-state index in [1.807, 2.05) is 32.0 Å². The first kappa shape index (κ1) is 13.7. The van der Waals surface area contributed by atoms with Crippen molar-refractivity contribution in [3.63, 3.8) is 0 Å². The van der Waals surface area contributed by atoms with Crippen LogP contribution in [0.15, 0.2) is 18.2 Å². The molecule has 1 aromatic rings. The first-order valence-corrected chi connectivity index (χ1v) is 5.58. The number of aryl methyl sites for hydroxylation is 2. The maximum absolute atomic E-state index is 11.7. The molecular weight excluding hydrogens is 218 g/mol. The SMILES string of the molecule is COCCN(C(=O)CO)c1c(C)cccc1C. The van der Waals surface area contributed by atoms with Crippen LogP contribution in [0, 0.1) is 13.8 Å². The third-order valence-electron chi connectivity index (χ3n) is 2.66. The Bertz CT molecular complexity index is 370. The number of anilines is 1. The number of aliphatic hydroxyl groups excluding tert-OH is 1. The third kappa shape index (κ3) is 3.28. The summed E-state index contributed by atoms with van der Waals surface area (Å²) in [5.41, 5.74) is 2.90. The highest BCUT2D eigenvalue weighted by Gasteiger charge is 2.17. The van der Waals surface area contributed by atoms with Crippen molar-refractivity contribution in [1.29, 1.82) is 0 Å². The number of methoxy groups -OCH3 is 1. The Hall–Kier alpha value is -1.39. The van der Waals surface area contributed by atoms with E-state index in [1.54, 1.807) is 12.0 Å². The molecule has 0 unspecified atom stereocenters. The van der Waals surface area contributed by atoms with Crippen molar-refractivity contribution in [3.8, 4) is 0 Å². The Morgan fingerprint density at radius 2 is 1.94 bits per heavy atom. The van der Waals surface area contributed by atoms with Gasteiger partial charge in [0, 0.05) is 19.3 Å². The van der Waals surface area contributed by atoms with Gasteiger partial charge in [-0.2, -0.15) is 0 Å². The smallest absolute Gasteiger partial charge is 0.252 e. The summed E-state index contributed by atoms with van der Waals surface area (Å²) >= 11 is 0. The molecule has 94 valence electrons. The van der Waals surface area contributed by atoms with Crippen LogP contribution in [0.4, 0.5) is 5.69 Å². The van der Waals surface area contributed by atoms with E-state index >= 15 is 0 Å². The van der Waals surface area contributed by atoms with Gasteiger partial charge in [-0.25, -0.2) is 0 Å². The van der Waals surface area contributed by atoms with Crippen LogP contribution in [0.25, 0.3) is 0 Å². The fourth-order valence-corrected chi connectivity index (χ4v) is 1.86. The Balaban J connectivity index is 3.07. The predicted molar refractivity (Wildman–Crippen MR) is 67.2 cm³/mol. The molecule has 1 amide bonds. The fraction of sp³-hybridized carbons (Fsp3) is 0.462. The molecule has 0 radical (unpaired) electrons. The van der Waals surface area contributed by atoms with E-state index in [2.05, 4.69) is 0 Å². The van der Waals surface area contributed by atoms with E-state index in [1.165, 1.54) is 0 Å². The lowest BCUT2D eigenvalue weighted by molar-refractivity contribution is -0.121. The van der Waals surface area contributed by atoms with Gasteiger partial charge in [0.05, 0.1) is 6.61 Å². The summed E-state index contributed by atoms with van der Waals surface area (Å²) in [6, 6.07) is 5.85. The van der Waals surface area contributed by atoms with Gasteiger partial charge >= 0.3 is 0 Å². The summed E-state index contributed by atoms with van der Waals surface area (Å²) < 4.78 is 4.99. The minimum atomic E-state index is -0.489. The number of hydrogen-bond acceptors (Lipinski definition) is 3. The summed E-state index contributed by atoms with van der Waals surface area (Å²) in [6.45, 7) is 4.30. The molecule has 4 heteroatoms. The molecule has 0 fully saturated rings. The van der Waals surface area contributed by atoms with Gasteiger partial charge in [-0.05, 0) is 25.0 Å². The van der Waals surface area contributed by atoms with Gasteiger partial charge in [0.1, 0.15) is 6.61 Å². The lowest BCUT2D eigenvalue weighted by Crippen LogP contribution is -2.36. The molecule has 17 heavy (non-hydrogen) atoms. The van der Waals surface area contributed by atoms with E-state index in [0.29, 0.717) is 13.2 Å². The molecule has 0 aliphatic heterocycles. The molecule has 1 N–H and O–H groups in total.